The van der Waals surface area contributed by atoms with E-state index in [2.05, 4.69) is 4.90 Å². The zero-order valence-corrected chi connectivity index (χ0v) is 12.1. The highest BCUT2D eigenvalue weighted by Crippen LogP contribution is 2.28. The number of Topliss-reactive ketones (excluding diaryl/α,β-unsaturated/α-hetero) is 1. The third-order valence-corrected chi connectivity index (χ3v) is 3.76. The van der Waals surface area contributed by atoms with Crippen molar-refractivity contribution in [3.8, 4) is 5.75 Å². The monoisotopic (exact) mass is 289 g/mol. The Bertz CT molecular complexity index is 628. The molecule has 1 aliphatic rings. The molecule has 1 aromatic heterocycles. The Morgan fingerprint density at radius 1 is 1.33 bits per heavy atom. The van der Waals surface area contributed by atoms with Gasteiger partial charge in [-0.3, -0.25) is 9.69 Å². The molecule has 5 nitrogen and oxygen atoms in total. The minimum atomic E-state index is 0.0275. The van der Waals surface area contributed by atoms with E-state index in [1.807, 2.05) is 18.2 Å². The van der Waals surface area contributed by atoms with Gasteiger partial charge in [-0.2, -0.15) is 0 Å². The van der Waals surface area contributed by atoms with Gasteiger partial charge in [0.2, 0.25) is 0 Å². The van der Waals surface area contributed by atoms with Crippen LogP contribution in [0.15, 0.2) is 28.7 Å². The molecule has 0 N–H and O–H groups in total. The Labute approximate surface area is 123 Å². The maximum Gasteiger partial charge on any atom is 0.199 e. The number of ether oxygens (including phenoxy) is 2. The lowest BCUT2D eigenvalue weighted by Crippen LogP contribution is -2.37. The summed E-state index contributed by atoms with van der Waals surface area (Å²) >= 11 is 0. The number of ketones is 1. The van der Waals surface area contributed by atoms with Gasteiger partial charge in [-0.15, -0.1) is 0 Å². The Hall–Kier alpha value is -1.85. The zero-order chi connectivity index (χ0) is 14.7. The molecule has 0 spiro atoms. The molecule has 1 aliphatic heterocycles. The fourth-order valence-corrected chi connectivity index (χ4v) is 2.54. The molecule has 0 atom stereocenters. The molecule has 0 aliphatic carbocycles. The van der Waals surface area contributed by atoms with Gasteiger partial charge in [0.25, 0.3) is 0 Å². The van der Waals surface area contributed by atoms with Crippen LogP contribution < -0.4 is 4.74 Å². The highest BCUT2D eigenvalue weighted by molar-refractivity contribution is 5.98. The number of furan rings is 1. The number of carbonyl (C=O) groups excluding carboxylic acids is 1. The SMILES string of the molecule is COc1cccc2cc(C(=O)CCN3CCOCC3)oc12. The van der Waals surface area contributed by atoms with Gasteiger partial charge in [0, 0.05) is 31.4 Å². The number of rotatable bonds is 5. The van der Waals surface area contributed by atoms with Crippen LogP contribution in [0.25, 0.3) is 11.0 Å². The van der Waals surface area contributed by atoms with Crippen molar-refractivity contribution in [2.24, 2.45) is 0 Å². The van der Waals surface area contributed by atoms with Crippen LogP contribution in [0.2, 0.25) is 0 Å². The molecule has 0 bridgehead atoms. The van der Waals surface area contributed by atoms with Gasteiger partial charge < -0.3 is 13.9 Å². The lowest BCUT2D eigenvalue weighted by atomic mass is 10.2. The molecule has 0 radical (unpaired) electrons. The van der Waals surface area contributed by atoms with E-state index < -0.39 is 0 Å². The number of para-hydroxylation sites is 1. The van der Waals surface area contributed by atoms with Crippen LogP contribution in [-0.4, -0.2) is 50.6 Å². The molecule has 1 fully saturated rings. The summed E-state index contributed by atoms with van der Waals surface area (Å²) in [6, 6.07) is 7.42. The molecule has 0 amide bonds. The third kappa shape index (κ3) is 3.09. The van der Waals surface area contributed by atoms with Crippen LogP contribution in [0.1, 0.15) is 17.0 Å². The zero-order valence-electron chi connectivity index (χ0n) is 12.1. The number of methoxy groups -OCH3 is 1. The van der Waals surface area contributed by atoms with Crippen molar-refractivity contribution in [2.45, 2.75) is 6.42 Å². The van der Waals surface area contributed by atoms with Crippen molar-refractivity contribution < 1.29 is 18.7 Å². The van der Waals surface area contributed by atoms with Crippen LogP contribution in [-0.2, 0) is 4.74 Å². The summed E-state index contributed by atoms with van der Waals surface area (Å²) in [5.74, 6) is 1.09. The van der Waals surface area contributed by atoms with Crippen molar-refractivity contribution in [1.82, 2.24) is 4.90 Å². The number of hydrogen-bond donors (Lipinski definition) is 0. The second-order valence-electron chi connectivity index (χ2n) is 5.12. The van der Waals surface area contributed by atoms with Crippen LogP contribution in [0.3, 0.4) is 0 Å². The van der Waals surface area contributed by atoms with Crippen LogP contribution in [0.5, 0.6) is 5.75 Å². The minimum absolute atomic E-state index is 0.0275. The molecule has 21 heavy (non-hydrogen) atoms. The quantitative estimate of drug-likeness (QED) is 0.791. The van der Waals surface area contributed by atoms with E-state index in [-0.39, 0.29) is 5.78 Å². The topological polar surface area (TPSA) is 51.9 Å². The normalized spacial score (nSPS) is 16.2. The second-order valence-corrected chi connectivity index (χ2v) is 5.12. The highest BCUT2D eigenvalue weighted by Gasteiger charge is 2.17. The molecule has 1 aromatic carbocycles. The lowest BCUT2D eigenvalue weighted by Gasteiger charge is -2.25. The third-order valence-electron chi connectivity index (χ3n) is 3.76. The molecule has 3 rings (SSSR count). The first-order valence-electron chi connectivity index (χ1n) is 7.18. The minimum Gasteiger partial charge on any atom is -0.493 e. The predicted octanol–water partition coefficient (Wildman–Crippen LogP) is 2.35. The largest absolute Gasteiger partial charge is 0.493 e. The van der Waals surface area contributed by atoms with E-state index in [4.69, 9.17) is 13.9 Å². The standard InChI is InChI=1S/C16H19NO4/c1-19-14-4-2-3-12-11-15(21-16(12)14)13(18)5-6-17-7-9-20-10-8-17/h2-4,11H,5-10H2,1H3. The Balaban J connectivity index is 1.69. The average molecular weight is 289 g/mol. The number of nitrogens with zero attached hydrogens (tertiary/aromatic N) is 1. The number of morpholine rings is 1. The van der Waals surface area contributed by atoms with Gasteiger partial charge in [0.1, 0.15) is 0 Å². The summed E-state index contributed by atoms with van der Waals surface area (Å²) in [6.07, 6.45) is 0.460. The average Bonchev–Trinajstić information content (AvgIpc) is 2.97. The molecular formula is C16H19NO4. The number of hydrogen-bond acceptors (Lipinski definition) is 5. The smallest absolute Gasteiger partial charge is 0.199 e. The molecule has 5 heteroatoms. The maximum atomic E-state index is 12.3. The van der Waals surface area contributed by atoms with E-state index >= 15 is 0 Å². The van der Waals surface area contributed by atoms with Gasteiger partial charge in [-0.25, -0.2) is 0 Å². The van der Waals surface area contributed by atoms with E-state index in [0.717, 1.165) is 38.2 Å². The summed E-state index contributed by atoms with van der Waals surface area (Å²) in [6.45, 7) is 4.02. The molecule has 2 heterocycles. The first kappa shape index (κ1) is 14.1. The summed E-state index contributed by atoms with van der Waals surface area (Å²) in [5.41, 5.74) is 0.634. The Morgan fingerprint density at radius 3 is 2.90 bits per heavy atom. The van der Waals surface area contributed by atoms with E-state index in [1.54, 1.807) is 13.2 Å². The first-order chi connectivity index (χ1) is 10.3. The molecule has 2 aromatic rings. The summed E-state index contributed by atoms with van der Waals surface area (Å²) in [4.78, 5) is 14.5. The number of carbonyl (C=O) groups is 1. The van der Waals surface area contributed by atoms with Gasteiger partial charge in [0.05, 0.1) is 20.3 Å². The summed E-state index contributed by atoms with van der Waals surface area (Å²) < 4.78 is 16.2. The van der Waals surface area contributed by atoms with Gasteiger partial charge in [-0.1, -0.05) is 12.1 Å². The molecule has 1 saturated heterocycles. The van der Waals surface area contributed by atoms with E-state index in [1.165, 1.54) is 0 Å². The molecule has 112 valence electrons. The van der Waals surface area contributed by atoms with Crippen molar-refractivity contribution >= 4 is 16.8 Å². The number of benzene rings is 1. The van der Waals surface area contributed by atoms with Crippen molar-refractivity contribution in [1.29, 1.82) is 0 Å². The predicted molar refractivity (Wildman–Crippen MR) is 79.0 cm³/mol. The van der Waals surface area contributed by atoms with Crippen molar-refractivity contribution in [3.05, 3.63) is 30.0 Å². The lowest BCUT2D eigenvalue weighted by molar-refractivity contribution is 0.0368. The molecule has 0 unspecified atom stereocenters. The fraction of sp³-hybridized carbons (Fsp3) is 0.438. The number of fused-ring (bicyclic) bond motifs is 1. The Morgan fingerprint density at radius 2 is 2.14 bits per heavy atom. The van der Waals surface area contributed by atoms with Gasteiger partial charge in [-0.05, 0) is 12.1 Å². The maximum absolute atomic E-state index is 12.3. The Kier molecular flexibility index (Phi) is 4.22. The first-order valence-corrected chi connectivity index (χ1v) is 7.18. The van der Waals surface area contributed by atoms with Crippen LogP contribution in [0.4, 0.5) is 0 Å². The fourth-order valence-electron chi connectivity index (χ4n) is 2.54. The van der Waals surface area contributed by atoms with Gasteiger partial charge >= 0.3 is 0 Å². The van der Waals surface area contributed by atoms with Gasteiger partial charge in [0.15, 0.2) is 22.9 Å². The van der Waals surface area contributed by atoms with E-state index in [0.29, 0.717) is 23.5 Å². The van der Waals surface area contributed by atoms with Crippen molar-refractivity contribution in [3.63, 3.8) is 0 Å². The summed E-state index contributed by atoms with van der Waals surface area (Å²) in [7, 11) is 1.59. The van der Waals surface area contributed by atoms with Crippen LogP contribution >= 0.6 is 0 Å². The van der Waals surface area contributed by atoms with Crippen molar-refractivity contribution in [2.75, 3.05) is 40.0 Å². The highest BCUT2D eigenvalue weighted by atomic mass is 16.5. The van der Waals surface area contributed by atoms with Crippen LogP contribution in [0, 0.1) is 0 Å². The molecular weight excluding hydrogens is 270 g/mol. The summed E-state index contributed by atoms with van der Waals surface area (Å²) in [5, 5.41) is 0.893. The molecule has 0 saturated carbocycles. The van der Waals surface area contributed by atoms with E-state index in [9.17, 15) is 4.79 Å². The second kappa shape index (κ2) is 6.28.